The van der Waals surface area contributed by atoms with E-state index in [1.54, 1.807) is 49.8 Å². The third-order valence-electron chi connectivity index (χ3n) is 5.19. The number of carbonyl (C=O) groups is 1. The molecule has 3 aromatic heterocycles. The zero-order valence-corrected chi connectivity index (χ0v) is 20.6. The lowest BCUT2D eigenvalue weighted by Gasteiger charge is -2.17. The number of rotatable bonds is 11. The zero-order chi connectivity index (χ0) is 25.5. The van der Waals surface area contributed by atoms with Crippen LogP contribution in [-0.2, 0) is 7.05 Å². The number of anilines is 4. The van der Waals surface area contributed by atoms with Gasteiger partial charge < -0.3 is 20.1 Å². The Labute approximate surface area is 208 Å². The lowest BCUT2D eigenvalue weighted by Crippen LogP contribution is -2.07. The molecular weight excluding hydrogens is 460 g/mol. The highest BCUT2D eigenvalue weighted by Crippen LogP contribution is 2.37. The lowest BCUT2D eigenvalue weighted by molar-refractivity contribution is 0.0988. The van der Waals surface area contributed by atoms with Crippen molar-refractivity contribution in [2.45, 2.75) is 26.7 Å². The predicted molar refractivity (Wildman–Crippen MR) is 136 cm³/mol. The number of methoxy groups -OCH3 is 1. The van der Waals surface area contributed by atoms with E-state index in [1.165, 1.54) is 0 Å². The van der Waals surface area contributed by atoms with Gasteiger partial charge in [0.05, 0.1) is 48.6 Å². The first-order valence-corrected chi connectivity index (χ1v) is 11.6. The molecule has 0 aliphatic rings. The largest absolute Gasteiger partial charge is 0.494 e. The van der Waals surface area contributed by atoms with Gasteiger partial charge in [-0.15, -0.1) is 0 Å². The number of ketones is 1. The summed E-state index contributed by atoms with van der Waals surface area (Å²) in [6.45, 7) is 4.41. The zero-order valence-electron chi connectivity index (χ0n) is 20.6. The third kappa shape index (κ3) is 5.57. The number of nitrogens with zero attached hydrogens (tertiary/aromatic N) is 6. The van der Waals surface area contributed by atoms with Gasteiger partial charge in [-0.3, -0.25) is 9.48 Å². The molecule has 0 aliphatic carbocycles. The third-order valence-corrected chi connectivity index (χ3v) is 5.19. The Balaban J connectivity index is 1.65. The van der Waals surface area contributed by atoms with Crippen molar-refractivity contribution in [1.82, 2.24) is 29.7 Å². The minimum absolute atomic E-state index is 0.0460. The molecule has 1 aromatic carbocycles. The molecular formula is C25H28N8O3. The molecule has 4 aromatic rings. The summed E-state index contributed by atoms with van der Waals surface area (Å²) in [6.07, 6.45) is 7.50. The van der Waals surface area contributed by atoms with E-state index in [9.17, 15) is 4.79 Å². The van der Waals surface area contributed by atoms with Crippen molar-refractivity contribution in [3.8, 4) is 23.0 Å². The number of nitrogens with one attached hydrogen (secondary N) is 2. The van der Waals surface area contributed by atoms with Crippen LogP contribution in [0.2, 0.25) is 0 Å². The van der Waals surface area contributed by atoms with E-state index in [0.717, 1.165) is 12.0 Å². The predicted octanol–water partition coefficient (Wildman–Crippen LogP) is 4.54. The number of carbonyl (C=O) groups excluding carboxylic acids is 1. The molecule has 0 spiro atoms. The van der Waals surface area contributed by atoms with Crippen molar-refractivity contribution < 1.29 is 14.3 Å². The van der Waals surface area contributed by atoms with Gasteiger partial charge in [0.1, 0.15) is 18.0 Å². The summed E-state index contributed by atoms with van der Waals surface area (Å²) in [7, 11) is 3.38. The Morgan fingerprint density at radius 1 is 1.00 bits per heavy atom. The fourth-order valence-corrected chi connectivity index (χ4v) is 3.47. The van der Waals surface area contributed by atoms with Gasteiger partial charge in [-0.2, -0.15) is 5.10 Å². The number of pyridine rings is 1. The second-order valence-corrected chi connectivity index (χ2v) is 7.86. The number of hydrogen-bond donors (Lipinski definition) is 2. The van der Waals surface area contributed by atoms with Gasteiger partial charge in [-0.25, -0.2) is 19.9 Å². The van der Waals surface area contributed by atoms with E-state index in [-0.39, 0.29) is 5.78 Å². The number of aromatic nitrogens is 6. The van der Waals surface area contributed by atoms with E-state index in [1.807, 2.05) is 32.0 Å². The summed E-state index contributed by atoms with van der Waals surface area (Å²) in [5, 5.41) is 10.8. The summed E-state index contributed by atoms with van der Waals surface area (Å²) < 4.78 is 12.8. The quantitative estimate of drug-likeness (QED) is 0.290. The molecule has 11 heteroatoms. The molecule has 0 saturated heterocycles. The first-order valence-electron chi connectivity index (χ1n) is 11.6. The Morgan fingerprint density at radius 3 is 2.50 bits per heavy atom. The molecule has 4 rings (SSSR count). The van der Waals surface area contributed by atoms with Crippen LogP contribution in [0.1, 0.15) is 37.0 Å². The summed E-state index contributed by atoms with van der Waals surface area (Å²) >= 11 is 0. The highest BCUT2D eigenvalue weighted by atomic mass is 16.5. The van der Waals surface area contributed by atoms with Gasteiger partial charge in [0, 0.05) is 25.7 Å². The highest BCUT2D eigenvalue weighted by molar-refractivity contribution is 6.02. The van der Waals surface area contributed by atoms with E-state index >= 15 is 0 Å². The Hall–Kier alpha value is -4.54. The molecule has 0 unspecified atom stereocenters. The van der Waals surface area contributed by atoms with E-state index in [4.69, 9.17) is 9.47 Å². The molecule has 0 amide bonds. The van der Waals surface area contributed by atoms with Crippen LogP contribution in [0.4, 0.5) is 23.0 Å². The van der Waals surface area contributed by atoms with Crippen molar-refractivity contribution in [3.63, 3.8) is 0 Å². The van der Waals surface area contributed by atoms with E-state index in [2.05, 4.69) is 35.7 Å². The first-order chi connectivity index (χ1) is 17.5. The highest BCUT2D eigenvalue weighted by Gasteiger charge is 2.18. The van der Waals surface area contributed by atoms with Crippen LogP contribution in [0.25, 0.3) is 11.4 Å². The van der Waals surface area contributed by atoms with Gasteiger partial charge in [-0.05, 0) is 18.6 Å². The first kappa shape index (κ1) is 24.6. The van der Waals surface area contributed by atoms with Crippen LogP contribution in [0.15, 0.2) is 49.2 Å². The molecule has 0 bridgehead atoms. The van der Waals surface area contributed by atoms with Gasteiger partial charge in [0.25, 0.3) is 0 Å². The van der Waals surface area contributed by atoms with Crippen LogP contribution in [0.3, 0.4) is 0 Å². The van der Waals surface area contributed by atoms with Crippen molar-refractivity contribution >= 4 is 28.8 Å². The number of Topliss-reactive ketones (excluding diaryl/α,β-unsaturated/α-hetero) is 1. The van der Waals surface area contributed by atoms with Gasteiger partial charge in [0.2, 0.25) is 5.88 Å². The van der Waals surface area contributed by atoms with Crippen LogP contribution in [-0.4, -0.2) is 49.2 Å². The van der Waals surface area contributed by atoms with Gasteiger partial charge in [-0.1, -0.05) is 19.9 Å². The molecule has 0 saturated carbocycles. The van der Waals surface area contributed by atoms with Crippen molar-refractivity contribution in [1.29, 1.82) is 0 Å². The van der Waals surface area contributed by atoms with Crippen LogP contribution < -0.4 is 20.1 Å². The summed E-state index contributed by atoms with van der Waals surface area (Å²) in [6, 6.07) is 7.36. The Kier molecular flexibility index (Phi) is 7.69. The average molecular weight is 489 g/mol. The molecule has 0 radical (unpaired) electrons. The molecule has 2 N–H and O–H groups in total. The van der Waals surface area contributed by atoms with E-state index < -0.39 is 0 Å². The molecule has 3 heterocycles. The maximum Gasteiger partial charge on any atom is 0.232 e. The van der Waals surface area contributed by atoms with Crippen molar-refractivity contribution in [2.75, 3.05) is 24.4 Å². The molecule has 11 nitrogen and oxygen atoms in total. The minimum atomic E-state index is -0.0460. The summed E-state index contributed by atoms with van der Waals surface area (Å²) in [4.78, 5) is 30.0. The number of ether oxygens (including phenoxy) is 2. The smallest absolute Gasteiger partial charge is 0.232 e. The maximum absolute atomic E-state index is 12.7. The second kappa shape index (κ2) is 11.3. The summed E-state index contributed by atoms with van der Waals surface area (Å²) in [5.41, 5.74) is 2.40. The molecule has 186 valence electrons. The monoisotopic (exact) mass is 488 g/mol. The minimum Gasteiger partial charge on any atom is -0.494 e. The molecule has 36 heavy (non-hydrogen) atoms. The van der Waals surface area contributed by atoms with Gasteiger partial charge >= 0.3 is 0 Å². The van der Waals surface area contributed by atoms with Gasteiger partial charge in [0.15, 0.2) is 17.4 Å². The number of hydrogen-bond acceptors (Lipinski definition) is 10. The fraction of sp³-hybridized carbons (Fsp3) is 0.280. The SMILES string of the molecule is CCCOc1cnc(Nc2cc(Nc3cccc(-c4ncn(C)n4)c3OC)c(C(=O)CC)cn2)cn1. The van der Waals surface area contributed by atoms with Crippen molar-refractivity contribution in [2.24, 2.45) is 7.05 Å². The van der Waals surface area contributed by atoms with E-state index in [0.29, 0.717) is 59.1 Å². The Morgan fingerprint density at radius 2 is 1.83 bits per heavy atom. The van der Waals surface area contributed by atoms with Crippen LogP contribution in [0, 0.1) is 0 Å². The van der Waals surface area contributed by atoms with Crippen LogP contribution >= 0.6 is 0 Å². The molecule has 0 fully saturated rings. The van der Waals surface area contributed by atoms with Crippen LogP contribution in [0.5, 0.6) is 11.6 Å². The second-order valence-electron chi connectivity index (χ2n) is 7.86. The topological polar surface area (TPSA) is 129 Å². The Bertz CT molecular complexity index is 1340. The molecule has 0 atom stereocenters. The number of benzene rings is 1. The average Bonchev–Trinajstić information content (AvgIpc) is 3.34. The number of para-hydroxylation sites is 1. The standard InChI is InChI=1S/C25H28N8O3/c1-5-10-36-23-14-27-22(13-28-23)31-21-11-19(17(12-26-21)20(34)6-2)30-18-9-7-8-16(24(18)35-4)25-29-15-33(3)32-25/h7-9,11-15H,5-6,10H2,1-4H3,(H2,26,27,30,31). The summed E-state index contributed by atoms with van der Waals surface area (Å²) in [5.74, 6) is 2.48. The fourth-order valence-electron chi connectivity index (χ4n) is 3.47. The maximum atomic E-state index is 12.7. The lowest BCUT2D eigenvalue weighted by atomic mass is 10.1. The molecule has 0 aliphatic heterocycles. The van der Waals surface area contributed by atoms with Crippen molar-refractivity contribution in [3.05, 3.63) is 54.7 Å². The number of aryl methyl sites for hydroxylation is 1. The normalized spacial score (nSPS) is 10.7.